The van der Waals surface area contributed by atoms with Crippen LogP contribution in [0.4, 0.5) is 5.69 Å². The van der Waals surface area contributed by atoms with E-state index in [1.165, 1.54) is 0 Å². The number of ether oxygens (including phenoxy) is 3. The lowest BCUT2D eigenvalue weighted by Gasteiger charge is -2.21. The summed E-state index contributed by atoms with van der Waals surface area (Å²) >= 11 is 13.7. The number of rotatable bonds is 9. The standard InChI is InChI=1S/C36H37Cl2N5O6/c1-41-12-11-28-27(18-41)39-34(42(28)2)35(44)40-26-9-5-6-22(32(26)38)23-7-4-8-24-31(19-48-33(23)24)49-30-15-29(47-3)21(14-25(30)37)17-43-13-10-20(16-43)36(45)46/h4-9,14-15,20,31H,10-13,16-19H2,1-3H3,(H,40,44)(H,45,46). The SMILES string of the molecule is COc1cc(OC2COc3c(-c4cccc(NC(=O)c5nc6c(n5C)CCN(C)C6)c4Cl)cccc32)c(Cl)cc1CN1CCC(C(=O)O)C1. The molecule has 3 aromatic carbocycles. The summed E-state index contributed by atoms with van der Waals surface area (Å²) in [5.41, 5.74) is 5.62. The molecule has 2 N–H and O–H groups in total. The molecule has 1 fully saturated rings. The third-order valence-corrected chi connectivity index (χ3v) is 10.3. The summed E-state index contributed by atoms with van der Waals surface area (Å²) in [6, 6.07) is 14.9. The Labute approximate surface area is 294 Å². The van der Waals surface area contributed by atoms with Gasteiger partial charge in [-0.05, 0) is 32.1 Å². The largest absolute Gasteiger partial charge is 0.496 e. The molecule has 0 spiro atoms. The molecule has 3 aliphatic heterocycles. The molecule has 0 radical (unpaired) electrons. The summed E-state index contributed by atoms with van der Waals surface area (Å²) in [5, 5.41) is 13.1. The number of carboxylic acid groups (broad SMARTS) is 1. The Morgan fingerprint density at radius 3 is 2.65 bits per heavy atom. The number of carbonyl (C=O) groups is 2. The minimum atomic E-state index is -0.771. The number of aromatic nitrogens is 2. The fourth-order valence-electron chi connectivity index (χ4n) is 6.96. The normalized spacial score (nSPS) is 18.9. The second-order valence-corrected chi connectivity index (χ2v) is 13.6. The van der Waals surface area contributed by atoms with Crippen LogP contribution in [0, 0.1) is 5.92 Å². The number of likely N-dealkylation sites (N-methyl/N-ethyl adjacent to an activating group) is 1. The lowest BCUT2D eigenvalue weighted by atomic mass is 9.99. The molecule has 1 aromatic heterocycles. The Bertz CT molecular complexity index is 1950. The summed E-state index contributed by atoms with van der Waals surface area (Å²) in [6.45, 7) is 3.57. The molecule has 256 valence electrons. The van der Waals surface area contributed by atoms with E-state index < -0.39 is 12.1 Å². The van der Waals surface area contributed by atoms with Gasteiger partial charge in [0.25, 0.3) is 5.91 Å². The molecular formula is C36H37Cl2N5O6. The van der Waals surface area contributed by atoms with E-state index in [1.807, 2.05) is 55.1 Å². The summed E-state index contributed by atoms with van der Waals surface area (Å²) < 4.78 is 20.2. The summed E-state index contributed by atoms with van der Waals surface area (Å²) in [4.78, 5) is 33.7. The molecule has 1 amide bonds. The molecule has 2 atom stereocenters. The Kier molecular flexibility index (Phi) is 9.19. The fourth-order valence-corrected chi connectivity index (χ4v) is 7.46. The Morgan fingerprint density at radius 2 is 1.88 bits per heavy atom. The van der Waals surface area contributed by atoms with Crippen LogP contribution in [-0.2, 0) is 31.4 Å². The number of amides is 1. The first-order valence-electron chi connectivity index (χ1n) is 16.2. The van der Waals surface area contributed by atoms with Crippen molar-refractivity contribution in [2.75, 3.05) is 45.7 Å². The summed E-state index contributed by atoms with van der Waals surface area (Å²) in [7, 11) is 5.50. The highest BCUT2D eigenvalue weighted by Gasteiger charge is 2.32. The van der Waals surface area contributed by atoms with Crippen molar-refractivity contribution in [3.63, 3.8) is 0 Å². The van der Waals surface area contributed by atoms with E-state index in [4.69, 9.17) is 37.4 Å². The molecule has 1 saturated heterocycles. The second-order valence-electron chi connectivity index (χ2n) is 12.8. The molecule has 49 heavy (non-hydrogen) atoms. The highest BCUT2D eigenvalue weighted by atomic mass is 35.5. The van der Waals surface area contributed by atoms with Gasteiger partial charge in [-0.2, -0.15) is 0 Å². The van der Waals surface area contributed by atoms with Gasteiger partial charge >= 0.3 is 5.97 Å². The number of methoxy groups -OCH3 is 1. The lowest BCUT2D eigenvalue weighted by molar-refractivity contribution is -0.141. The number of benzene rings is 3. The van der Waals surface area contributed by atoms with E-state index in [0.29, 0.717) is 77.0 Å². The van der Waals surface area contributed by atoms with E-state index in [1.54, 1.807) is 19.2 Å². The van der Waals surface area contributed by atoms with Gasteiger partial charge in [0.2, 0.25) is 0 Å². The molecule has 0 aliphatic carbocycles. The second kappa shape index (κ2) is 13.5. The molecule has 4 aromatic rings. The van der Waals surface area contributed by atoms with Crippen molar-refractivity contribution in [2.45, 2.75) is 32.0 Å². The van der Waals surface area contributed by atoms with Gasteiger partial charge < -0.3 is 34.1 Å². The molecule has 2 unspecified atom stereocenters. The van der Waals surface area contributed by atoms with Crippen molar-refractivity contribution in [1.82, 2.24) is 19.4 Å². The number of nitrogens with one attached hydrogen (secondary N) is 1. The van der Waals surface area contributed by atoms with E-state index in [2.05, 4.69) is 20.1 Å². The number of nitrogens with zero attached hydrogens (tertiary/aromatic N) is 4. The molecule has 3 aliphatic rings. The number of anilines is 1. The maximum absolute atomic E-state index is 13.4. The van der Waals surface area contributed by atoms with Crippen LogP contribution in [-0.4, -0.2) is 76.7 Å². The van der Waals surface area contributed by atoms with Gasteiger partial charge in [-0.1, -0.05) is 53.5 Å². The third-order valence-electron chi connectivity index (χ3n) is 9.58. The van der Waals surface area contributed by atoms with Gasteiger partial charge in [0.15, 0.2) is 11.9 Å². The van der Waals surface area contributed by atoms with Gasteiger partial charge in [0.05, 0.1) is 34.5 Å². The molecule has 13 heteroatoms. The smallest absolute Gasteiger partial charge is 0.307 e. The monoisotopic (exact) mass is 705 g/mol. The van der Waals surface area contributed by atoms with Crippen LogP contribution in [0.1, 0.15) is 45.7 Å². The highest BCUT2D eigenvalue weighted by Crippen LogP contribution is 2.46. The van der Waals surface area contributed by atoms with Crippen molar-refractivity contribution in [3.8, 4) is 28.4 Å². The first kappa shape index (κ1) is 33.2. The third kappa shape index (κ3) is 6.43. The van der Waals surface area contributed by atoms with Crippen LogP contribution < -0.4 is 19.5 Å². The summed E-state index contributed by atoms with van der Waals surface area (Å²) in [6.07, 6.45) is 1.00. The average molecular weight is 707 g/mol. The lowest BCUT2D eigenvalue weighted by Crippen LogP contribution is -2.27. The Hall–Kier alpha value is -4.29. The predicted octanol–water partition coefficient (Wildman–Crippen LogP) is 6.06. The number of hydrogen-bond acceptors (Lipinski definition) is 8. The number of imidazole rings is 1. The number of halogens is 2. The Morgan fingerprint density at radius 1 is 1.08 bits per heavy atom. The maximum atomic E-state index is 13.4. The zero-order valence-corrected chi connectivity index (χ0v) is 29.0. The zero-order valence-electron chi connectivity index (χ0n) is 27.5. The van der Waals surface area contributed by atoms with Crippen LogP contribution in [0.5, 0.6) is 17.2 Å². The minimum Gasteiger partial charge on any atom is -0.496 e. The van der Waals surface area contributed by atoms with Crippen LogP contribution in [0.15, 0.2) is 48.5 Å². The van der Waals surface area contributed by atoms with E-state index in [9.17, 15) is 14.7 Å². The molecular weight excluding hydrogens is 669 g/mol. The van der Waals surface area contributed by atoms with Gasteiger partial charge in [-0.15, -0.1) is 0 Å². The molecule has 7 rings (SSSR count). The van der Waals surface area contributed by atoms with Crippen molar-refractivity contribution in [2.24, 2.45) is 13.0 Å². The van der Waals surface area contributed by atoms with Crippen molar-refractivity contribution in [1.29, 1.82) is 0 Å². The number of carbonyl (C=O) groups excluding carboxylic acids is 1. The first-order valence-corrected chi connectivity index (χ1v) is 16.9. The van der Waals surface area contributed by atoms with Crippen LogP contribution in [0.2, 0.25) is 10.0 Å². The quantitative estimate of drug-likeness (QED) is 0.214. The van der Waals surface area contributed by atoms with Crippen LogP contribution in [0.3, 0.4) is 0 Å². The summed E-state index contributed by atoms with van der Waals surface area (Å²) in [5.74, 6) is 0.570. The number of para-hydroxylation sites is 1. The van der Waals surface area contributed by atoms with E-state index in [-0.39, 0.29) is 18.4 Å². The van der Waals surface area contributed by atoms with E-state index >= 15 is 0 Å². The molecule has 0 bridgehead atoms. The highest BCUT2D eigenvalue weighted by molar-refractivity contribution is 6.36. The van der Waals surface area contributed by atoms with Gasteiger partial charge in [0, 0.05) is 73.7 Å². The van der Waals surface area contributed by atoms with Crippen molar-refractivity contribution in [3.05, 3.63) is 86.9 Å². The van der Waals surface area contributed by atoms with Crippen LogP contribution >= 0.6 is 23.2 Å². The number of hydrogen-bond donors (Lipinski definition) is 2. The zero-order chi connectivity index (χ0) is 34.4. The number of aliphatic carboxylic acids is 1. The topological polar surface area (TPSA) is 118 Å². The molecule has 0 saturated carbocycles. The Balaban J connectivity index is 1.10. The maximum Gasteiger partial charge on any atom is 0.307 e. The number of carboxylic acids is 1. The first-order chi connectivity index (χ1) is 23.6. The van der Waals surface area contributed by atoms with Crippen molar-refractivity contribution < 1.29 is 28.9 Å². The molecule has 4 heterocycles. The predicted molar refractivity (Wildman–Crippen MR) is 186 cm³/mol. The molecule has 11 nitrogen and oxygen atoms in total. The van der Waals surface area contributed by atoms with Crippen molar-refractivity contribution >= 4 is 40.8 Å². The average Bonchev–Trinajstić information content (AvgIpc) is 3.81. The van der Waals surface area contributed by atoms with E-state index in [0.717, 1.165) is 41.0 Å². The van der Waals surface area contributed by atoms with Crippen LogP contribution in [0.25, 0.3) is 11.1 Å². The van der Waals surface area contributed by atoms with Gasteiger partial charge in [-0.25, -0.2) is 4.98 Å². The van der Waals surface area contributed by atoms with Gasteiger partial charge in [0.1, 0.15) is 23.9 Å². The van der Waals surface area contributed by atoms with Gasteiger partial charge in [-0.3, -0.25) is 14.5 Å². The minimum absolute atomic E-state index is 0.254. The number of likely N-dealkylation sites (tertiary alicyclic amines) is 1. The number of fused-ring (bicyclic) bond motifs is 2. The fraction of sp³-hybridized carbons (Fsp3) is 0.361.